The molecule has 88 valence electrons. The standard InChI is InChI=1S/C12H14ClFO2/c1-2-9(15)5-4-8-16-11-7-3-6-10(13)12(11)14/h3,6-7H,2,4-5,8H2,1H3. The quantitative estimate of drug-likeness (QED) is 0.715. The Bertz CT molecular complexity index is 366. The molecule has 0 spiro atoms. The van der Waals surface area contributed by atoms with Crippen molar-refractivity contribution in [1.82, 2.24) is 0 Å². The van der Waals surface area contributed by atoms with Gasteiger partial charge in [0.1, 0.15) is 5.78 Å². The third-order valence-electron chi connectivity index (χ3n) is 2.17. The second-order valence-corrected chi connectivity index (χ2v) is 3.80. The van der Waals surface area contributed by atoms with Crippen LogP contribution in [-0.2, 0) is 4.79 Å². The maximum atomic E-state index is 13.3. The summed E-state index contributed by atoms with van der Waals surface area (Å²) in [5, 5.41) is 0.0436. The highest BCUT2D eigenvalue weighted by Gasteiger charge is 2.07. The summed E-state index contributed by atoms with van der Waals surface area (Å²) in [6.45, 7) is 2.14. The zero-order chi connectivity index (χ0) is 12.0. The SMILES string of the molecule is CCC(=O)CCCOc1cccc(Cl)c1F. The lowest BCUT2D eigenvalue weighted by atomic mass is 10.2. The molecule has 1 aromatic carbocycles. The maximum Gasteiger partial charge on any atom is 0.183 e. The van der Waals surface area contributed by atoms with Gasteiger partial charge in [-0.15, -0.1) is 0 Å². The summed E-state index contributed by atoms with van der Waals surface area (Å²) in [7, 11) is 0. The molecule has 0 unspecified atom stereocenters. The summed E-state index contributed by atoms with van der Waals surface area (Å²) >= 11 is 5.59. The van der Waals surface area contributed by atoms with Gasteiger partial charge < -0.3 is 4.74 Å². The highest BCUT2D eigenvalue weighted by molar-refractivity contribution is 6.30. The zero-order valence-corrected chi connectivity index (χ0v) is 9.89. The average molecular weight is 245 g/mol. The molecule has 0 fully saturated rings. The molecule has 1 rings (SSSR count). The van der Waals surface area contributed by atoms with E-state index >= 15 is 0 Å². The summed E-state index contributed by atoms with van der Waals surface area (Å²) in [5.41, 5.74) is 0. The molecule has 1 aromatic rings. The number of carbonyl (C=O) groups is 1. The first kappa shape index (κ1) is 13.0. The van der Waals surface area contributed by atoms with Crippen LogP contribution in [0.2, 0.25) is 5.02 Å². The van der Waals surface area contributed by atoms with Crippen molar-refractivity contribution < 1.29 is 13.9 Å². The molecule has 2 nitrogen and oxygen atoms in total. The fraction of sp³-hybridized carbons (Fsp3) is 0.417. The Morgan fingerprint density at radius 1 is 1.50 bits per heavy atom. The predicted molar refractivity (Wildman–Crippen MR) is 61.4 cm³/mol. The van der Waals surface area contributed by atoms with Crippen LogP contribution in [-0.4, -0.2) is 12.4 Å². The molecule has 0 saturated heterocycles. The highest BCUT2D eigenvalue weighted by Crippen LogP contribution is 2.24. The average Bonchev–Trinajstić information content (AvgIpc) is 2.29. The van der Waals surface area contributed by atoms with Crippen molar-refractivity contribution >= 4 is 17.4 Å². The van der Waals surface area contributed by atoms with E-state index in [2.05, 4.69) is 0 Å². The van der Waals surface area contributed by atoms with Crippen molar-refractivity contribution in [3.8, 4) is 5.75 Å². The maximum absolute atomic E-state index is 13.3. The molecule has 0 atom stereocenters. The Morgan fingerprint density at radius 2 is 2.25 bits per heavy atom. The summed E-state index contributed by atoms with van der Waals surface area (Å²) in [5.74, 6) is -0.224. The molecule has 0 radical (unpaired) electrons. The van der Waals surface area contributed by atoms with E-state index < -0.39 is 5.82 Å². The van der Waals surface area contributed by atoms with Crippen LogP contribution in [0, 0.1) is 5.82 Å². The lowest BCUT2D eigenvalue weighted by molar-refractivity contribution is -0.118. The smallest absolute Gasteiger partial charge is 0.183 e. The van der Waals surface area contributed by atoms with Crippen molar-refractivity contribution in [3.05, 3.63) is 29.0 Å². The van der Waals surface area contributed by atoms with E-state index in [1.807, 2.05) is 6.92 Å². The van der Waals surface area contributed by atoms with Crippen molar-refractivity contribution in [1.29, 1.82) is 0 Å². The topological polar surface area (TPSA) is 26.3 Å². The van der Waals surface area contributed by atoms with E-state index in [1.54, 1.807) is 6.07 Å². The van der Waals surface area contributed by atoms with Crippen LogP contribution in [0.15, 0.2) is 18.2 Å². The van der Waals surface area contributed by atoms with Crippen molar-refractivity contribution in [3.63, 3.8) is 0 Å². The molecule has 0 N–H and O–H groups in total. The van der Waals surface area contributed by atoms with Gasteiger partial charge in [0.15, 0.2) is 11.6 Å². The predicted octanol–water partition coefficient (Wildman–Crippen LogP) is 3.62. The summed E-state index contributed by atoms with van der Waals surface area (Å²) in [4.78, 5) is 11.0. The molecule has 0 heterocycles. The van der Waals surface area contributed by atoms with Crippen LogP contribution in [0.4, 0.5) is 4.39 Å². The minimum Gasteiger partial charge on any atom is -0.490 e. The Balaban J connectivity index is 2.38. The number of carbonyl (C=O) groups excluding carboxylic acids is 1. The number of hydrogen-bond donors (Lipinski definition) is 0. The van der Waals surface area contributed by atoms with Gasteiger partial charge in [-0.2, -0.15) is 0 Å². The van der Waals surface area contributed by atoms with Crippen LogP contribution in [0.5, 0.6) is 5.75 Å². The molecule has 0 amide bonds. The highest BCUT2D eigenvalue weighted by atomic mass is 35.5. The third-order valence-corrected chi connectivity index (χ3v) is 2.46. The lowest BCUT2D eigenvalue weighted by Crippen LogP contribution is -2.03. The number of hydrogen-bond acceptors (Lipinski definition) is 2. The van der Waals surface area contributed by atoms with E-state index in [-0.39, 0.29) is 16.6 Å². The normalized spacial score (nSPS) is 10.2. The largest absolute Gasteiger partial charge is 0.490 e. The van der Waals surface area contributed by atoms with Crippen LogP contribution in [0.3, 0.4) is 0 Å². The van der Waals surface area contributed by atoms with Gasteiger partial charge in [0, 0.05) is 12.8 Å². The van der Waals surface area contributed by atoms with E-state index in [9.17, 15) is 9.18 Å². The Morgan fingerprint density at radius 3 is 2.94 bits per heavy atom. The van der Waals surface area contributed by atoms with E-state index in [4.69, 9.17) is 16.3 Å². The Labute approximate surface area is 99.4 Å². The Kier molecular flexibility index (Phi) is 5.26. The van der Waals surface area contributed by atoms with Gasteiger partial charge in [-0.05, 0) is 18.6 Å². The first-order chi connectivity index (χ1) is 7.65. The van der Waals surface area contributed by atoms with Crippen LogP contribution in [0.25, 0.3) is 0 Å². The molecule has 0 aromatic heterocycles. The number of Topliss-reactive ketones (excluding diaryl/α,β-unsaturated/α-hetero) is 1. The first-order valence-electron chi connectivity index (χ1n) is 5.23. The molecule has 0 aliphatic carbocycles. The minimum absolute atomic E-state index is 0.0436. The zero-order valence-electron chi connectivity index (χ0n) is 9.13. The van der Waals surface area contributed by atoms with Gasteiger partial charge in [0.25, 0.3) is 0 Å². The number of halogens is 2. The van der Waals surface area contributed by atoms with Crippen LogP contribution >= 0.6 is 11.6 Å². The number of ketones is 1. The van der Waals surface area contributed by atoms with Crippen LogP contribution < -0.4 is 4.74 Å². The van der Waals surface area contributed by atoms with Crippen molar-refractivity contribution in [2.75, 3.05) is 6.61 Å². The summed E-state index contributed by atoms with van der Waals surface area (Å²) in [6, 6.07) is 4.60. The molecule has 0 aliphatic heterocycles. The molecular weight excluding hydrogens is 231 g/mol. The molecule has 16 heavy (non-hydrogen) atoms. The monoisotopic (exact) mass is 244 g/mol. The number of rotatable bonds is 6. The van der Waals surface area contributed by atoms with E-state index in [0.29, 0.717) is 25.9 Å². The van der Waals surface area contributed by atoms with Crippen molar-refractivity contribution in [2.45, 2.75) is 26.2 Å². The van der Waals surface area contributed by atoms with Gasteiger partial charge in [0.05, 0.1) is 11.6 Å². The Hall–Kier alpha value is -1.09. The van der Waals surface area contributed by atoms with Gasteiger partial charge in [-0.1, -0.05) is 24.6 Å². The summed E-state index contributed by atoms with van der Waals surface area (Å²) in [6.07, 6.45) is 1.60. The molecular formula is C12H14ClFO2. The van der Waals surface area contributed by atoms with Gasteiger partial charge in [-0.3, -0.25) is 4.79 Å². The third kappa shape index (κ3) is 3.81. The van der Waals surface area contributed by atoms with Gasteiger partial charge >= 0.3 is 0 Å². The fourth-order valence-electron chi connectivity index (χ4n) is 1.22. The fourth-order valence-corrected chi connectivity index (χ4v) is 1.39. The molecule has 0 aliphatic rings. The second-order valence-electron chi connectivity index (χ2n) is 3.40. The molecule has 4 heteroatoms. The first-order valence-corrected chi connectivity index (χ1v) is 5.61. The lowest BCUT2D eigenvalue weighted by Gasteiger charge is -2.07. The van der Waals surface area contributed by atoms with Crippen molar-refractivity contribution in [2.24, 2.45) is 0 Å². The minimum atomic E-state index is -0.550. The van der Waals surface area contributed by atoms with Crippen LogP contribution in [0.1, 0.15) is 26.2 Å². The van der Waals surface area contributed by atoms with Gasteiger partial charge in [0.2, 0.25) is 0 Å². The van der Waals surface area contributed by atoms with Gasteiger partial charge in [-0.25, -0.2) is 4.39 Å². The molecule has 0 bridgehead atoms. The number of ether oxygens (including phenoxy) is 1. The second kappa shape index (κ2) is 6.48. The van der Waals surface area contributed by atoms with E-state index in [0.717, 1.165) is 0 Å². The number of benzene rings is 1. The summed E-state index contributed by atoms with van der Waals surface area (Å²) < 4.78 is 18.5. The van der Waals surface area contributed by atoms with E-state index in [1.165, 1.54) is 12.1 Å². The molecule has 0 saturated carbocycles.